The van der Waals surface area contributed by atoms with Gasteiger partial charge in [0, 0.05) is 11.9 Å². The van der Waals surface area contributed by atoms with E-state index >= 15 is 0 Å². The first-order chi connectivity index (χ1) is 10.5. The van der Waals surface area contributed by atoms with Gasteiger partial charge in [-0.15, -0.1) is 11.3 Å². The van der Waals surface area contributed by atoms with Crippen molar-refractivity contribution in [1.82, 2.24) is 9.78 Å². The molecule has 8 heteroatoms. The second-order valence-corrected chi connectivity index (χ2v) is 7.47. The summed E-state index contributed by atoms with van der Waals surface area (Å²) in [4.78, 5) is 25.5. The zero-order chi connectivity index (χ0) is 15.9. The summed E-state index contributed by atoms with van der Waals surface area (Å²) in [6.45, 7) is 0. The fourth-order valence-corrected chi connectivity index (χ4v) is 4.75. The van der Waals surface area contributed by atoms with Crippen LogP contribution in [0.25, 0.3) is 0 Å². The van der Waals surface area contributed by atoms with Crippen molar-refractivity contribution < 1.29 is 9.59 Å². The molecule has 0 saturated carbocycles. The fourth-order valence-electron chi connectivity index (χ4n) is 2.74. The van der Waals surface area contributed by atoms with Gasteiger partial charge in [0.25, 0.3) is 11.8 Å². The minimum Gasteiger partial charge on any atom is -0.365 e. The lowest BCUT2D eigenvalue weighted by Gasteiger charge is -2.11. The minimum atomic E-state index is -0.477. The number of aryl methyl sites for hydroxylation is 2. The van der Waals surface area contributed by atoms with E-state index in [9.17, 15) is 9.59 Å². The highest BCUT2D eigenvalue weighted by Crippen LogP contribution is 2.38. The van der Waals surface area contributed by atoms with Gasteiger partial charge in [-0.1, -0.05) is 0 Å². The standard InChI is InChI=1S/C14H15IN4O2S/c1-19-11(8(15)6-17-19)13(21)18-14-10(12(16)20)7-4-2-3-5-9(7)22-14/h6H,2-5H2,1H3,(H2,16,20)(H,18,21). The molecule has 0 spiro atoms. The number of halogens is 1. The summed E-state index contributed by atoms with van der Waals surface area (Å²) >= 11 is 3.53. The van der Waals surface area contributed by atoms with Crippen molar-refractivity contribution in [3.8, 4) is 0 Å². The number of carbonyl (C=O) groups is 2. The molecule has 22 heavy (non-hydrogen) atoms. The van der Waals surface area contributed by atoms with E-state index < -0.39 is 5.91 Å². The quantitative estimate of drug-likeness (QED) is 0.733. The van der Waals surface area contributed by atoms with Crippen LogP contribution in [0.3, 0.4) is 0 Å². The van der Waals surface area contributed by atoms with Gasteiger partial charge in [-0.25, -0.2) is 0 Å². The average Bonchev–Trinajstić information content (AvgIpc) is 2.98. The molecule has 6 nitrogen and oxygen atoms in total. The van der Waals surface area contributed by atoms with Gasteiger partial charge in [0.1, 0.15) is 10.7 Å². The van der Waals surface area contributed by atoms with E-state index in [4.69, 9.17) is 5.73 Å². The van der Waals surface area contributed by atoms with E-state index in [2.05, 4.69) is 33.0 Å². The zero-order valence-corrected chi connectivity index (χ0v) is 15.0. The summed E-state index contributed by atoms with van der Waals surface area (Å²) in [7, 11) is 1.71. The topological polar surface area (TPSA) is 90.0 Å². The molecule has 3 N–H and O–H groups in total. The molecule has 0 unspecified atom stereocenters. The number of nitrogens with zero attached hydrogens (tertiary/aromatic N) is 2. The Bertz CT molecular complexity index is 746. The summed E-state index contributed by atoms with van der Waals surface area (Å²) < 4.78 is 2.29. The number of hydrogen-bond acceptors (Lipinski definition) is 4. The molecule has 0 saturated heterocycles. The van der Waals surface area contributed by atoms with Gasteiger partial charge >= 0.3 is 0 Å². The molecular weight excluding hydrogens is 415 g/mol. The van der Waals surface area contributed by atoms with Crippen LogP contribution in [-0.4, -0.2) is 21.6 Å². The predicted molar refractivity (Wildman–Crippen MR) is 93.4 cm³/mol. The average molecular weight is 430 g/mol. The molecule has 2 aromatic rings. The molecule has 0 aromatic carbocycles. The molecule has 0 atom stereocenters. The third kappa shape index (κ3) is 2.65. The maximum Gasteiger partial charge on any atom is 0.275 e. The first kappa shape index (κ1) is 15.5. The minimum absolute atomic E-state index is 0.273. The number of amides is 2. The summed E-state index contributed by atoms with van der Waals surface area (Å²) in [6.07, 6.45) is 5.59. The number of fused-ring (bicyclic) bond motifs is 1. The van der Waals surface area contributed by atoms with Crippen molar-refractivity contribution in [3.05, 3.63) is 31.5 Å². The number of aromatic nitrogens is 2. The Labute approximate surface area is 145 Å². The molecule has 1 aliphatic rings. The predicted octanol–water partition coefficient (Wildman–Crippen LogP) is 2.32. The van der Waals surface area contributed by atoms with Crippen molar-refractivity contribution in [2.24, 2.45) is 12.8 Å². The normalized spacial score (nSPS) is 13.7. The third-order valence-electron chi connectivity index (χ3n) is 3.75. The van der Waals surface area contributed by atoms with Gasteiger partial charge < -0.3 is 11.1 Å². The van der Waals surface area contributed by atoms with Crippen LogP contribution in [0.1, 0.15) is 44.1 Å². The first-order valence-corrected chi connectivity index (χ1v) is 8.81. The maximum atomic E-state index is 12.5. The summed E-state index contributed by atoms with van der Waals surface area (Å²) in [5.74, 6) is -0.750. The molecule has 0 aliphatic heterocycles. The van der Waals surface area contributed by atoms with E-state index in [1.807, 2.05) is 0 Å². The van der Waals surface area contributed by atoms with E-state index in [0.717, 1.165) is 39.7 Å². The van der Waals surface area contributed by atoms with E-state index in [0.29, 0.717) is 16.3 Å². The number of anilines is 1. The van der Waals surface area contributed by atoms with Gasteiger partial charge in [-0.2, -0.15) is 5.10 Å². The highest BCUT2D eigenvalue weighted by Gasteiger charge is 2.26. The van der Waals surface area contributed by atoms with Crippen LogP contribution < -0.4 is 11.1 Å². The van der Waals surface area contributed by atoms with Crippen molar-refractivity contribution in [3.63, 3.8) is 0 Å². The van der Waals surface area contributed by atoms with E-state index in [1.54, 1.807) is 13.2 Å². The smallest absolute Gasteiger partial charge is 0.275 e. The molecule has 116 valence electrons. The lowest BCUT2D eigenvalue weighted by Crippen LogP contribution is -2.20. The van der Waals surface area contributed by atoms with Gasteiger partial charge in [-0.3, -0.25) is 14.3 Å². The first-order valence-electron chi connectivity index (χ1n) is 6.92. The number of rotatable bonds is 3. The number of primary amides is 1. The number of nitrogens with one attached hydrogen (secondary N) is 1. The molecule has 2 amide bonds. The molecule has 3 rings (SSSR count). The van der Waals surface area contributed by atoms with Crippen molar-refractivity contribution in [2.45, 2.75) is 25.7 Å². The Hall–Kier alpha value is -1.42. The van der Waals surface area contributed by atoms with Crippen LogP contribution in [0.15, 0.2) is 6.20 Å². The third-order valence-corrected chi connectivity index (χ3v) is 5.75. The van der Waals surface area contributed by atoms with E-state index in [1.165, 1.54) is 16.0 Å². The van der Waals surface area contributed by atoms with Gasteiger partial charge in [-0.05, 0) is 53.8 Å². The van der Waals surface area contributed by atoms with Crippen LogP contribution in [0.2, 0.25) is 0 Å². The lowest BCUT2D eigenvalue weighted by atomic mass is 9.95. The molecule has 2 heterocycles. The highest BCUT2D eigenvalue weighted by atomic mass is 127. The van der Waals surface area contributed by atoms with Crippen molar-refractivity contribution in [1.29, 1.82) is 0 Å². The number of thiophene rings is 1. The monoisotopic (exact) mass is 430 g/mol. The summed E-state index contributed by atoms with van der Waals surface area (Å²) in [6, 6.07) is 0. The Morgan fingerprint density at radius 3 is 2.77 bits per heavy atom. The molecule has 1 aliphatic carbocycles. The fraction of sp³-hybridized carbons (Fsp3) is 0.357. The largest absolute Gasteiger partial charge is 0.365 e. The molecule has 0 radical (unpaired) electrons. The molecular formula is C14H15IN4O2S. The van der Waals surface area contributed by atoms with Gasteiger partial charge in [0.15, 0.2) is 0 Å². The summed E-state index contributed by atoms with van der Waals surface area (Å²) in [5.41, 5.74) is 7.50. The molecule has 0 bridgehead atoms. The molecule has 2 aromatic heterocycles. The maximum absolute atomic E-state index is 12.5. The Balaban J connectivity index is 1.97. The van der Waals surface area contributed by atoms with Crippen LogP contribution >= 0.6 is 33.9 Å². The number of carbonyl (C=O) groups excluding carboxylic acids is 2. The highest BCUT2D eigenvalue weighted by molar-refractivity contribution is 14.1. The summed E-state index contributed by atoms with van der Waals surface area (Å²) in [5, 5.41) is 7.46. The Morgan fingerprint density at radius 2 is 2.14 bits per heavy atom. The van der Waals surface area contributed by atoms with Crippen LogP contribution in [0, 0.1) is 3.57 Å². The second-order valence-electron chi connectivity index (χ2n) is 5.20. The Kier molecular flexibility index (Phi) is 4.22. The second kappa shape index (κ2) is 5.99. The molecule has 0 fully saturated rings. The Morgan fingerprint density at radius 1 is 1.41 bits per heavy atom. The van der Waals surface area contributed by atoms with Crippen LogP contribution in [0.5, 0.6) is 0 Å². The van der Waals surface area contributed by atoms with Crippen LogP contribution in [-0.2, 0) is 19.9 Å². The van der Waals surface area contributed by atoms with Crippen LogP contribution in [0.4, 0.5) is 5.00 Å². The van der Waals surface area contributed by atoms with E-state index in [-0.39, 0.29) is 5.91 Å². The van der Waals surface area contributed by atoms with Gasteiger partial charge in [0.2, 0.25) is 0 Å². The van der Waals surface area contributed by atoms with Crippen molar-refractivity contribution >= 4 is 50.7 Å². The van der Waals surface area contributed by atoms with Crippen molar-refractivity contribution in [2.75, 3.05) is 5.32 Å². The zero-order valence-electron chi connectivity index (χ0n) is 12.0. The lowest BCUT2D eigenvalue weighted by molar-refractivity contribution is 0.100. The number of hydrogen-bond donors (Lipinski definition) is 2. The number of nitrogens with two attached hydrogens (primary N) is 1. The SMILES string of the molecule is Cn1ncc(I)c1C(=O)Nc1sc2c(c1C(N)=O)CCCC2. The van der Waals surface area contributed by atoms with Gasteiger partial charge in [0.05, 0.1) is 15.3 Å².